The molecule has 0 bridgehead atoms. The van der Waals surface area contributed by atoms with Crippen molar-refractivity contribution in [3.05, 3.63) is 59.2 Å². The Hall–Kier alpha value is -1.71. The van der Waals surface area contributed by atoms with Gasteiger partial charge < -0.3 is 16.2 Å². The van der Waals surface area contributed by atoms with E-state index < -0.39 is 0 Å². The van der Waals surface area contributed by atoms with E-state index in [1.54, 1.807) is 6.07 Å². The van der Waals surface area contributed by atoms with Gasteiger partial charge in [-0.1, -0.05) is 39.0 Å². The maximum Gasteiger partial charge on any atom is 0.120 e. The highest BCUT2D eigenvalue weighted by atomic mass is 35.5. The minimum absolute atomic E-state index is 0. The Morgan fingerprint density at radius 3 is 2.23 bits per heavy atom. The molecule has 0 fully saturated rings. The van der Waals surface area contributed by atoms with Crippen molar-refractivity contribution in [3.63, 3.8) is 0 Å². The monoisotopic (exact) mass is 320 g/mol. The second-order valence-corrected chi connectivity index (χ2v) is 6.35. The molecule has 0 heterocycles. The van der Waals surface area contributed by atoms with E-state index in [0.29, 0.717) is 18.8 Å². The van der Waals surface area contributed by atoms with Gasteiger partial charge >= 0.3 is 0 Å². The lowest BCUT2D eigenvalue weighted by Gasteiger charge is -2.20. The van der Waals surface area contributed by atoms with Crippen LogP contribution >= 0.6 is 12.4 Å². The summed E-state index contributed by atoms with van der Waals surface area (Å²) >= 11 is 0. The third-order valence-corrected chi connectivity index (χ3v) is 3.62. The highest BCUT2D eigenvalue weighted by Crippen LogP contribution is 2.27. The summed E-state index contributed by atoms with van der Waals surface area (Å²) < 4.78 is 0. The van der Waals surface area contributed by atoms with Crippen molar-refractivity contribution in [2.24, 2.45) is 5.73 Å². The van der Waals surface area contributed by atoms with Crippen LogP contribution in [0.2, 0.25) is 0 Å². The smallest absolute Gasteiger partial charge is 0.120 e. The Kier molecular flexibility index (Phi) is 6.27. The molecule has 2 rings (SSSR count). The van der Waals surface area contributed by atoms with Crippen LogP contribution in [0.15, 0.2) is 42.5 Å². The molecular weight excluding hydrogens is 296 g/mol. The van der Waals surface area contributed by atoms with Crippen molar-refractivity contribution < 1.29 is 5.11 Å². The molecule has 4 heteroatoms. The van der Waals surface area contributed by atoms with Crippen LogP contribution in [0.4, 0.5) is 5.69 Å². The molecule has 3 nitrogen and oxygen atoms in total. The molecule has 0 radical (unpaired) electrons. The van der Waals surface area contributed by atoms with Gasteiger partial charge in [0.1, 0.15) is 5.75 Å². The number of hydrogen-bond donors (Lipinski definition) is 3. The Balaban J connectivity index is 0.00000242. The molecule has 0 saturated carbocycles. The summed E-state index contributed by atoms with van der Waals surface area (Å²) in [6.07, 6.45) is 0. The predicted octanol–water partition coefficient (Wildman–Crippen LogP) is 4.18. The molecule has 2 aromatic carbocycles. The van der Waals surface area contributed by atoms with Gasteiger partial charge in [0, 0.05) is 24.3 Å². The fourth-order valence-corrected chi connectivity index (χ4v) is 2.15. The quantitative estimate of drug-likeness (QED) is 0.792. The van der Waals surface area contributed by atoms with Crippen LogP contribution in [0, 0.1) is 0 Å². The molecule has 0 aliphatic rings. The van der Waals surface area contributed by atoms with Crippen LogP contribution < -0.4 is 11.1 Å². The van der Waals surface area contributed by atoms with Gasteiger partial charge in [-0.15, -0.1) is 12.4 Å². The van der Waals surface area contributed by atoms with Gasteiger partial charge in [0.05, 0.1) is 0 Å². The maximum absolute atomic E-state index is 10.0. The number of nitrogens with one attached hydrogen (secondary N) is 1. The number of hydrogen-bond acceptors (Lipinski definition) is 3. The molecule has 0 unspecified atom stereocenters. The standard InChI is InChI=1S/C18H24N2O.ClH/c1-18(2,3)15-6-9-17(21)14(10-15)12-20-16-7-4-13(11-19)5-8-16;/h4-10,20-21H,11-12,19H2,1-3H3;1H. The fourth-order valence-electron chi connectivity index (χ4n) is 2.15. The summed E-state index contributed by atoms with van der Waals surface area (Å²) in [5.41, 5.74) is 9.92. The molecule has 0 spiro atoms. The number of phenols is 1. The average Bonchev–Trinajstić information content (AvgIpc) is 2.45. The highest BCUT2D eigenvalue weighted by Gasteiger charge is 2.15. The van der Waals surface area contributed by atoms with Gasteiger partial charge in [-0.3, -0.25) is 0 Å². The van der Waals surface area contributed by atoms with E-state index in [-0.39, 0.29) is 17.8 Å². The first kappa shape index (κ1) is 18.3. The van der Waals surface area contributed by atoms with Crippen molar-refractivity contribution in [1.29, 1.82) is 0 Å². The zero-order chi connectivity index (χ0) is 15.5. The first-order chi connectivity index (χ1) is 9.90. The predicted molar refractivity (Wildman–Crippen MR) is 95.7 cm³/mol. The van der Waals surface area contributed by atoms with Gasteiger partial charge in [-0.2, -0.15) is 0 Å². The van der Waals surface area contributed by atoms with E-state index in [1.165, 1.54) is 5.56 Å². The van der Waals surface area contributed by atoms with Crippen LogP contribution in [0.25, 0.3) is 0 Å². The van der Waals surface area contributed by atoms with Crippen molar-refractivity contribution in [1.82, 2.24) is 0 Å². The molecule has 0 saturated heterocycles. The molecule has 0 amide bonds. The van der Waals surface area contributed by atoms with Gasteiger partial charge in [-0.25, -0.2) is 0 Å². The first-order valence-corrected chi connectivity index (χ1v) is 7.25. The van der Waals surface area contributed by atoms with E-state index in [0.717, 1.165) is 16.8 Å². The number of rotatable bonds is 4. The number of nitrogens with two attached hydrogens (primary N) is 1. The lowest BCUT2D eigenvalue weighted by Crippen LogP contribution is -2.12. The number of benzene rings is 2. The summed E-state index contributed by atoms with van der Waals surface area (Å²) in [6, 6.07) is 13.8. The second kappa shape index (κ2) is 7.52. The van der Waals surface area contributed by atoms with E-state index in [9.17, 15) is 5.11 Å². The van der Waals surface area contributed by atoms with Crippen molar-refractivity contribution >= 4 is 18.1 Å². The lowest BCUT2D eigenvalue weighted by atomic mass is 9.86. The topological polar surface area (TPSA) is 58.3 Å². The van der Waals surface area contributed by atoms with E-state index in [4.69, 9.17) is 5.73 Å². The second-order valence-electron chi connectivity index (χ2n) is 6.35. The first-order valence-electron chi connectivity index (χ1n) is 7.25. The molecular formula is C18H25ClN2O. The number of anilines is 1. The van der Waals surface area contributed by atoms with Gasteiger partial charge in [-0.05, 0) is 40.8 Å². The SMILES string of the molecule is CC(C)(C)c1ccc(O)c(CNc2ccc(CN)cc2)c1.Cl. The Bertz CT molecular complexity index is 603. The highest BCUT2D eigenvalue weighted by molar-refractivity contribution is 5.85. The minimum Gasteiger partial charge on any atom is -0.508 e. The molecule has 0 aliphatic heterocycles. The van der Waals surface area contributed by atoms with Crippen LogP contribution in [0.1, 0.15) is 37.5 Å². The van der Waals surface area contributed by atoms with E-state index >= 15 is 0 Å². The van der Waals surface area contributed by atoms with Gasteiger partial charge in [0.2, 0.25) is 0 Å². The minimum atomic E-state index is 0. The number of halogens is 1. The molecule has 0 atom stereocenters. The fraction of sp³-hybridized carbons (Fsp3) is 0.333. The van der Waals surface area contributed by atoms with E-state index in [2.05, 4.69) is 32.2 Å². The maximum atomic E-state index is 10.0. The molecule has 2 aromatic rings. The Morgan fingerprint density at radius 1 is 1.05 bits per heavy atom. The van der Waals surface area contributed by atoms with Crippen molar-refractivity contribution in [2.75, 3.05) is 5.32 Å². The van der Waals surface area contributed by atoms with Crippen LogP contribution in [-0.2, 0) is 18.5 Å². The normalized spacial score (nSPS) is 10.9. The molecule has 4 N–H and O–H groups in total. The molecule has 120 valence electrons. The zero-order valence-corrected chi connectivity index (χ0v) is 14.2. The summed E-state index contributed by atoms with van der Waals surface area (Å²) in [4.78, 5) is 0. The van der Waals surface area contributed by atoms with Crippen LogP contribution in [-0.4, -0.2) is 5.11 Å². The number of phenolic OH excluding ortho intramolecular Hbond substituents is 1. The van der Waals surface area contributed by atoms with E-state index in [1.807, 2.05) is 30.3 Å². The molecule has 0 aliphatic carbocycles. The molecule has 22 heavy (non-hydrogen) atoms. The third-order valence-electron chi connectivity index (χ3n) is 3.62. The lowest BCUT2D eigenvalue weighted by molar-refractivity contribution is 0.467. The van der Waals surface area contributed by atoms with Gasteiger partial charge in [0.25, 0.3) is 0 Å². The zero-order valence-electron chi connectivity index (χ0n) is 13.4. The third kappa shape index (κ3) is 4.65. The number of aromatic hydroxyl groups is 1. The van der Waals surface area contributed by atoms with Crippen LogP contribution in [0.5, 0.6) is 5.75 Å². The summed E-state index contributed by atoms with van der Waals surface area (Å²) in [5, 5.41) is 13.3. The summed E-state index contributed by atoms with van der Waals surface area (Å²) in [6.45, 7) is 7.65. The van der Waals surface area contributed by atoms with Crippen molar-refractivity contribution in [2.45, 2.75) is 39.3 Å². The Morgan fingerprint density at radius 2 is 1.68 bits per heavy atom. The summed E-state index contributed by atoms with van der Waals surface area (Å²) in [7, 11) is 0. The Labute approximate surface area is 139 Å². The van der Waals surface area contributed by atoms with Crippen LogP contribution in [0.3, 0.4) is 0 Å². The molecule has 0 aromatic heterocycles. The van der Waals surface area contributed by atoms with Crippen molar-refractivity contribution in [3.8, 4) is 5.75 Å². The average molecular weight is 321 g/mol. The largest absolute Gasteiger partial charge is 0.508 e. The van der Waals surface area contributed by atoms with Gasteiger partial charge in [0.15, 0.2) is 0 Å². The summed E-state index contributed by atoms with van der Waals surface area (Å²) in [5.74, 6) is 0.328.